The summed E-state index contributed by atoms with van der Waals surface area (Å²) in [5.74, 6) is 0.156. The van der Waals surface area contributed by atoms with Crippen LogP contribution in [0.25, 0.3) is 10.2 Å². The normalized spacial score (nSPS) is 10.7. The van der Waals surface area contributed by atoms with Crippen molar-refractivity contribution < 1.29 is 14.3 Å². The number of carbonyl (C=O) groups is 1. The zero-order chi connectivity index (χ0) is 18.7. The van der Waals surface area contributed by atoms with Crippen molar-refractivity contribution in [1.82, 2.24) is 4.57 Å². The predicted octanol–water partition coefficient (Wildman–Crippen LogP) is 4.06. The third-order valence-corrected chi connectivity index (χ3v) is 5.01. The van der Waals surface area contributed by atoms with Crippen LogP contribution < -0.4 is 14.3 Å². The van der Waals surface area contributed by atoms with E-state index in [1.165, 1.54) is 11.7 Å². The van der Waals surface area contributed by atoms with Crippen LogP contribution in [0.4, 0.5) is 0 Å². The quantitative estimate of drug-likeness (QED) is 0.362. The van der Waals surface area contributed by atoms with E-state index >= 15 is 0 Å². The second kappa shape index (κ2) is 7.76. The summed E-state index contributed by atoms with van der Waals surface area (Å²) in [6.07, 6.45) is 2.46. The van der Waals surface area contributed by atoms with E-state index < -0.39 is 5.97 Å². The molecule has 0 atom stereocenters. The smallest absolute Gasteiger partial charge is 0.331 e. The fourth-order valence-electron chi connectivity index (χ4n) is 2.60. The third-order valence-electron chi connectivity index (χ3n) is 3.76. The van der Waals surface area contributed by atoms with Gasteiger partial charge in [0.2, 0.25) is 0 Å². The second-order valence-electron chi connectivity index (χ2n) is 5.49. The highest BCUT2D eigenvalue weighted by Crippen LogP contribution is 2.29. The summed E-state index contributed by atoms with van der Waals surface area (Å²) >= 11 is 7.22. The Hall–Kier alpha value is -2.57. The highest BCUT2D eigenvalue weighted by Gasteiger charge is 2.16. The van der Waals surface area contributed by atoms with Crippen molar-refractivity contribution in [2.75, 3.05) is 7.11 Å². The molecule has 0 aliphatic rings. The minimum atomic E-state index is -0.582. The van der Waals surface area contributed by atoms with Gasteiger partial charge in [0.05, 0.1) is 22.3 Å². The molecule has 26 heavy (non-hydrogen) atoms. The van der Waals surface area contributed by atoms with Gasteiger partial charge in [0.25, 0.3) is 0 Å². The van der Waals surface area contributed by atoms with Crippen LogP contribution in [0.2, 0.25) is 5.02 Å². The lowest BCUT2D eigenvalue weighted by Crippen LogP contribution is -2.23. The predicted molar refractivity (Wildman–Crippen MR) is 104 cm³/mol. The maximum atomic E-state index is 12.4. The number of nitrogens with zero attached hydrogens (tertiary/aromatic N) is 1. The van der Waals surface area contributed by atoms with Gasteiger partial charge < -0.3 is 9.47 Å². The second-order valence-corrected chi connectivity index (χ2v) is 6.89. The van der Waals surface area contributed by atoms with E-state index in [-0.39, 0.29) is 11.4 Å². The average Bonchev–Trinajstić information content (AvgIpc) is 2.93. The summed E-state index contributed by atoms with van der Waals surface area (Å²) in [5.41, 5.74) is 1.53. The van der Waals surface area contributed by atoms with Gasteiger partial charge in [-0.15, -0.1) is 6.58 Å². The van der Waals surface area contributed by atoms with Gasteiger partial charge in [-0.3, -0.25) is 9.36 Å². The number of hydrogen-bond donors (Lipinski definition) is 0. The molecule has 0 unspecified atom stereocenters. The lowest BCUT2D eigenvalue weighted by molar-refractivity contribution is -0.135. The number of rotatable bonds is 6. The molecule has 0 amide bonds. The molecular formula is C19H16ClNO4S. The van der Waals surface area contributed by atoms with E-state index in [0.29, 0.717) is 28.5 Å². The maximum absolute atomic E-state index is 12.4. The molecule has 5 nitrogen and oxygen atoms in total. The molecule has 1 heterocycles. The van der Waals surface area contributed by atoms with E-state index in [0.717, 1.165) is 21.6 Å². The van der Waals surface area contributed by atoms with Crippen LogP contribution in [-0.4, -0.2) is 17.6 Å². The molecule has 0 saturated heterocycles. The van der Waals surface area contributed by atoms with Gasteiger partial charge in [-0.1, -0.05) is 41.1 Å². The molecule has 0 aliphatic carbocycles. The first-order valence-electron chi connectivity index (χ1n) is 7.80. The largest absolute Gasteiger partial charge is 0.493 e. The number of aromatic nitrogens is 1. The molecule has 0 fully saturated rings. The number of fused-ring (bicyclic) bond motifs is 1. The van der Waals surface area contributed by atoms with Crippen molar-refractivity contribution in [1.29, 1.82) is 0 Å². The fourth-order valence-corrected chi connectivity index (χ4v) is 3.85. The SMILES string of the molecule is C=CCc1ccc(OC(=O)Cn2c(=O)sc3cccc(Cl)c32)c(OC)c1. The number of para-hydroxylation sites is 1. The van der Waals surface area contributed by atoms with E-state index in [1.54, 1.807) is 36.4 Å². The molecule has 3 rings (SSSR count). The molecule has 0 bridgehead atoms. The number of carbonyl (C=O) groups excluding carboxylic acids is 1. The first-order valence-corrected chi connectivity index (χ1v) is 8.99. The van der Waals surface area contributed by atoms with Crippen LogP contribution >= 0.6 is 22.9 Å². The summed E-state index contributed by atoms with van der Waals surface area (Å²) in [7, 11) is 1.50. The Morgan fingerprint density at radius 1 is 1.31 bits per heavy atom. The molecule has 7 heteroatoms. The van der Waals surface area contributed by atoms with Gasteiger partial charge in [0.15, 0.2) is 11.5 Å². The topological polar surface area (TPSA) is 57.5 Å². The number of esters is 1. The Bertz CT molecular complexity index is 1040. The summed E-state index contributed by atoms with van der Waals surface area (Å²) in [5, 5.41) is 0.417. The van der Waals surface area contributed by atoms with Gasteiger partial charge in [-0.05, 0) is 36.2 Å². The van der Waals surface area contributed by atoms with Crippen LogP contribution in [-0.2, 0) is 17.8 Å². The molecular weight excluding hydrogens is 374 g/mol. The summed E-state index contributed by atoms with van der Waals surface area (Å²) in [4.78, 5) is 24.3. The van der Waals surface area contributed by atoms with Crippen molar-refractivity contribution in [3.8, 4) is 11.5 Å². The Morgan fingerprint density at radius 2 is 2.12 bits per heavy atom. The number of benzene rings is 2. The van der Waals surface area contributed by atoms with E-state index in [1.807, 2.05) is 6.07 Å². The minimum absolute atomic E-state index is 0.236. The highest BCUT2D eigenvalue weighted by molar-refractivity contribution is 7.16. The van der Waals surface area contributed by atoms with Crippen molar-refractivity contribution in [2.45, 2.75) is 13.0 Å². The minimum Gasteiger partial charge on any atom is -0.493 e. The first kappa shape index (κ1) is 18.2. The van der Waals surface area contributed by atoms with Crippen molar-refractivity contribution in [3.05, 3.63) is 69.3 Å². The van der Waals surface area contributed by atoms with Gasteiger partial charge >= 0.3 is 10.8 Å². The molecule has 0 spiro atoms. The molecule has 134 valence electrons. The van der Waals surface area contributed by atoms with Crippen LogP contribution in [0.5, 0.6) is 11.5 Å². The number of thiazole rings is 1. The zero-order valence-corrected chi connectivity index (χ0v) is 15.6. The van der Waals surface area contributed by atoms with Crippen LogP contribution in [0.1, 0.15) is 5.56 Å². The maximum Gasteiger partial charge on any atom is 0.331 e. The molecule has 0 aliphatic heterocycles. The van der Waals surface area contributed by atoms with E-state index in [2.05, 4.69) is 6.58 Å². The van der Waals surface area contributed by atoms with E-state index in [4.69, 9.17) is 21.1 Å². The number of halogens is 1. The van der Waals surface area contributed by atoms with Crippen LogP contribution in [0.3, 0.4) is 0 Å². The lowest BCUT2D eigenvalue weighted by Gasteiger charge is -2.11. The van der Waals surface area contributed by atoms with E-state index in [9.17, 15) is 9.59 Å². The Kier molecular flexibility index (Phi) is 5.44. The molecule has 0 radical (unpaired) electrons. The van der Waals surface area contributed by atoms with Gasteiger partial charge in [-0.2, -0.15) is 0 Å². The number of methoxy groups -OCH3 is 1. The molecule has 1 aromatic heterocycles. The van der Waals surface area contributed by atoms with Crippen molar-refractivity contribution >= 4 is 39.1 Å². The standard InChI is InChI=1S/C19H16ClNO4S/c1-3-5-12-8-9-14(15(10-12)24-2)25-17(22)11-21-18-13(20)6-4-7-16(18)26-19(21)23/h3-4,6-10H,1,5,11H2,2H3. The lowest BCUT2D eigenvalue weighted by atomic mass is 10.1. The van der Waals surface area contributed by atoms with Crippen LogP contribution in [0, 0.1) is 0 Å². The summed E-state index contributed by atoms with van der Waals surface area (Å²) in [6.45, 7) is 3.46. The number of ether oxygens (including phenoxy) is 2. The van der Waals surface area contributed by atoms with Gasteiger partial charge in [0, 0.05) is 0 Å². The zero-order valence-electron chi connectivity index (χ0n) is 14.0. The average molecular weight is 390 g/mol. The summed E-state index contributed by atoms with van der Waals surface area (Å²) in [6, 6.07) is 10.5. The first-order chi connectivity index (χ1) is 12.5. The van der Waals surface area contributed by atoms with Gasteiger partial charge in [0.1, 0.15) is 6.54 Å². The molecule has 2 aromatic carbocycles. The van der Waals surface area contributed by atoms with Crippen molar-refractivity contribution in [2.24, 2.45) is 0 Å². The monoisotopic (exact) mass is 389 g/mol. The highest BCUT2D eigenvalue weighted by atomic mass is 35.5. The van der Waals surface area contributed by atoms with Gasteiger partial charge in [-0.25, -0.2) is 4.79 Å². The molecule has 0 saturated carbocycles. The number of hydrogen-bond acceptors (Lipinski definition) is 5. The molecule has 0 N–H and O–H groups in total. The fraction of sp³-hybridized carbons (Fsp3) is 0.158. The molecule has 3 aromatic rings. The van der Waals surface area contributed by atoms with Crippen molar-refractivity contribution in [3.63, 3.8) is 0 Å². The Morgan fingerprint density at radius 3 is 2.85 bits per heavy atom. The Labute approximate surface area is 159 Å². The third kappa shape index (κ3) is 3.66. The summed E-state index contributed by atoms with van der Waals surface area (Å²) < 4.78 is 12.7. The van der Waals surface area contributed by atoms with Crippen LogP contribution in [0.15, 0.2) is 53.8 Å². The Balaban J connectivity index is 1.85. The number of allylic oxidation sites excluding steroid dienone is 1.